The summed E-state index contributed by atoms with van der Waals surface area (Å²) in [6.45, 7) is 7.70. The van der Waals surface area contributed by atoms with E-state index < -0.39 is 12.6 Å². The molecular weight excluding hydrogens is 144 g/mol. The molecule has 0 bridgehead atoms. The molecule has 0 unspecified atom stereocenters. The molecule has 0 spiro atoms. The molecule has 0 atom stereocenters. The molecule has 0 aromatic carbocycles. The molecule has 0 aliphatic rings. The summed E-state index contributed by atoms with van der Waals surface area (Å²) < 4.78 is 0. The Morgan fingerprint density at radius 3 is 1.27 bits per heavy atom. The van der Waals surface area contributed by atoms with Gasteiger partial charge in [0.15, 0.2) is 0 Å². The van der Waals surface area contributed by atoms with Crippen molar-refractivity contribution < 1.29 is 15.0 Å². The molecule has 2 N–H and O–H groups in total. The van der Waals surface area contributed by atoms with E-state index in [-0.39, 0.29) is 0 Å². The summed E-state index contributed by atoms with van der Waals surface area (Å²) in [7, 11) is 0. The lowest BCUT2D eigenvalue weighted by Crippen LogP contribution is -1.98. The van der Waals surface area contributed by atoms with E-state index in [2.05, 4.69) is 27.7 Å². The first-order valence-corrected chi connectivity index (χ1v) is 3.35. The molecule has 11 heavy (non-hydrogen) atoms. The van der Waals surface area contributed by atoms with Gasteiger partial charge in [-0.25, -0.2) is 4.79 Å². The van der Waals surface area contributed by atoms with E-state index in [1.54, 1.807) is 0 Å². The van der Waals surface area contributed by atoms with Gasteiger partial charge in [0, 0.05) is 0 Å². The zero-order chi connectivity index (χ0) is 9.44. The number of hydrogen-bond donors (Lipinski definition) is 2. The fraction of sp³-hybridized carbons (Fsp3) is 0.625. The Labute approximate surface area is 67.4 Å². The van der Waals surface area contributed by atoms with Gasteiger partial charge in [0.05, 0.1) is 0 Å². The lowest BCUT2D eigenvalue weighted by atomic mass is 10.2. The van der Waals surface area contributed by atoms with E-state index in [0.717, 1.165) is 0 Å². The minimum absolute atomic E-state index is 0.778. The summed E-state index contributed by atoms with van der Waals surface area (Å²) in [6, 6.07) is 0. The van der Waals surface area contributed by atoms with E-state index >= 15 is 0 Å². The molecule has 3 nitrogen and oxygen atoms in total. The van der Waals surface area contributed by atoms with Gasteiger partial charge in [-0.2, -0.15) is 0 Å². The standard InChI is InChI=1S/C6H12.C2H4O3/c1-5(2)6(3)4;3-1-2(4)5/h1-4H3;3H,1H2,(H,4,5). The number of hydrogen-bond acceptors (Lipinski definition) is 2. The Bertz CT molecular complexity index is 129. The number of allylic oxidation sites excluding steroid dienone is 2. The van der Waals surface area contributed by atoms with Gasteiger partial charge in [-0.1, -0.05) is 11.1 Å². The van der Waals surface area contributed by atoms with Crippen molar-refractivity contribution in [2.75, 3.05) is 6.61 Å². The average molecular weight is 160 g/mol. The van der Waals surface area contributed by atoms with Crippen LogP contribution in [0, 0.1) is 0 Å². The van der Waals surface area contributed by atoms with Crippen LogP contribution in [0.5, 0.6) is 0 Å². The van der Waals surface area contributed by atoms with E-state index in [0.29, 0.717) is 0 Å². The maximum absolute atomic E-state index is 9.12. The third-order valence-electron chi connectivity index (χ3n) is 1.14. The first-order valence-electron chi connectivity index (χ1n) is 3.35. The second-order valence-corrected chi connectivity index (χ2v) is 2.55. The Kier molecular flexibility index (Phi) is 8.48. The first kappa shape index (κ1) is 12.8. The number of aliphatic carboxylic acids is 1. The van der Waals surface area contributed by atoms with Crippen molar-refractivity contribution in [2.45, 2.75) is 27.7 Å². The van der Waals surface area contributed by atoms with Crippen LogP contribution in [0.3, 0.4) is 0 Å². The van der Waals surface area contributed by atoms with Crippen LogP contribution < -0.4 is 0 Å². The van der Waals surface area contributed by atoms with Crippen molar-refractivity contribution in [3.05, 3.63) is 11.1 Å². The van der Waals surface area contributed by atoms with Crippen molar-refractivity contribution in [3.8, 4) is 0 Å². The number of carbonyl (C=O) groups is 1. The average Bonchev–Trinajstić information content (AvgIpc) is 1.89. The van der Waals surface area contributed by atoms with Gasteiger partial charge in [0.25, 0.3) is 0 Å². The normalized spacial score (nSPS) is 7.73. The van der Waals surface area contributed by atoms with Crippen LogP contribution >= 0.6 is 0 Å². The first-order chi connectivity index (χ1) is 4.91. The Morgan fingerprint density at radius 2 is 1.27 bits per heavy atom. The molecule has 0 aromatic heterocycles. The van der Waals surface area contributed by atoms with E-state index in [1.165, 1.54) is 11.1 Å². The quantitative estimate of drug-likeness (QED) is 0.570. The fourth-order valence-electron chi connectivity index (χ4n) is 0. The SMILES string of the molecule is CC(C)=C(C)C.O=C(O)CO. The van der Waals surface area contributed by atoms with Gasteiger partial charge in [-0.15, -0.1) is 0 Å². The number of rotatable bonds is 1. The molecule has 0 amide bonds. The van der Waals surface area contributed by atoms with Gasteiger partial charge in [0.2, 0.25) is 0 Å². The third kappa shape index (κ3) is 17.6. The summed E-state index contributed by atoms with van der Waals surface area (Å²) in [5, 5.41) is 15.0. The number of aliphatic hydroxyl groups is 1. The van der Waals surface area contributed by atoms with Crippen LogP contribution in [-0.4, -0.2) is 22.8 Å². The summed E-state index contributed by atoms with van der Waals surface area (Å²) in [5.41, 5.74) is 2.85. The summed E-state index contributed by atoms with van der Waals surface area (Å²) in [5.74, 6) is -1.19. The molecule has 0 saturated heterocycles. The minimum Gasteiger partial charge on any atom is -0.480 e. The molecule has 0 aliphatic heterocycles. The summed E-state index contributed by atoms with van der Waals surface area (Å²) >= 11 is 0. The maximum Gasteiger partial charge on any atom is 0.329 e. The highest BCUT2D eigenvalue weighted by atomic mass is 16.4. The van der Waals surface area contributed by atoms with Crippen molar-refractivity contribution >= 4 is 5.97 Å². The highest BCUT2D eigenvalue weighted by molar-refractivity contribution is 5.67. The maximum atomic E-state index is 9.12. The van der Waals surface area contributed by atoms with Gasteiger partial charge in [-0.3, -0.25) is 0 Å². The van der Waals surface area contributed by atoms with Gasteiger partial charge in [0.1, 0.15) is 6.61 Å². The zero-order valence-corrected chi connectivity index (χ0v) is 7.51. The molecule has 0 fully saturated rings. The van der Waals surface area contributed by atoms with Crippen LogP contribution in [0.2, 0.25) is 0 Å². The largest absolute Gasteiger partial charge is 0.480 e. The van der Waals surface area contributed by atoms with Crippen molar-refractivity contribution in [2.24, 2.45) is 0 Å². The molecular formula is C8H16O3. The minimum atomic E-state index is -1.19. The lowest BCUT2D eigenvalue weighted by molar-refractivity contribution is -0.140. The van der Waals surface area contributed by atoms with Crippen molar-refractivity contribution in [1.29, 1.82) is 0 Å². The van der Waals surface area contributed by atoms with Crippen LogP contribution in [-0.2, 0) is 4.79 Å². The number of aliphatic hydroxyl groups excluding tert-OH is 1. The highest BCUT2D eigenvalue weighted by Gasteiger charge is 1.82. The smallest absolute Gasteiger partial charge is 0.329 e. The van der Waals surface area contributed by atoms with Gasteiger partial charge >= 0.3 is 5.97 Å². The second-order valence-electron chi connectivity index (χ2n) is 2.55. The molecule has 0 aromatic rings. The summed E-state index contributed by atoms with van der Waals surface area (Å²) in [6.07, 6.45) is 0. The Balaban J connectivity index is 0. The van der Waals surface area contributed by atoms with Crippen molar-refractivity contribution in [1.82, 2.24) is 0 Å². The summed E-state index contributed by atoms with van der Waals surface area (Å²) in [4.78, 5) is 9.12. The molecule has 0 radical (unpaired) electrons. The van der Waals surface area contributed by atoms with E-state index in [1.807, 2.05) is 0 Å². The number of carboxylic acid groups (broad SMARTS) is 1. The Morgan fingerprint density at radius 1 is 1.09 bits per heavy atom. The van der Waals surface area contributed by atoms with Gasteiger partial charge < -0.3 is 10.2 Å². The van der Waals surface area contributed by atoms with Crippen LogP contribution in [0.1, 0.15) is 27.7 Å². The second kappa shape index (κ2) is 7.28. The third-order valence-corrected chi connectivity index (χ3v) is 1.14. The van der Waals surface area contributed by atoms with Crippen LogP contribution in [0.4, 0.5) is 0 Å². The predicted octanol–water partition coefficient (Wildman–Crippen LogP) is 1.43. The van der Waals surface area contributed by atoms with Crippen molar-refractivity contribution in [3.63, 3.8) is 0 Å². The monoisotopic (exact) mass is 160 g/mol. The highest BCUT2D eigenvalue weighted by Crippen LogP contribution is 1.96. The molecule has 0 saturated carbocycles. The topological polar surface area (TPSA) is 57.5 Å². The molecule has 0 aliphatic carbocycles. The molecule has 66 valence electrons. The van der Waals surface area contributed by atoms with Gasteiger partial charge in [-0.05, 0) is 27.7 Å². The lowest BCUT2D eigenvalue weighted by Gasteiger charge is -1.88. The van der Waals surface area contributed by atoms with Crippen LogP contribution in [0.15, 0.2) is 11.1 Å². The van der Waals surface area contributed by atoms with E-state index in [4.69, 9.17) is 15.0 Å². The Hall–Kier alpha value is -0.830. The molecule has 0 heterocycles. The number of carboxylic acids is 1. The fourth-order valence-corrected chi connectivity index (χ4v) is 0. The zero-order valence-electron chi connectivity index (χ0n) is 7.51. The van der Waals surface area contributed by atoms with E-state index in [9.17, 15) is 0 Å². The van der Waals surface area contributed by atoms with Crippen LogP contribution in [0.25, 0.3) is 0 Å². The molecule has 0 rings (SSSR count). The predicted molar refractivity (Wildman–Crippen MR) is 44.4 cm³/mol. The molecule has 3 heteroatoms.